The Bertz CT molecular complexity index is 865. The van der Waals surface area contributed by atoms with Crippen molar-refractivity contribution in [1.29, 1.82) is 0 Å². The Morgan fingerprint density at radius 1 is 1.14 bits per heavy atom. The molecule has 0 saturated heterocycles. The van der Waals surface area contributed by atoms with E-state index in [0.717, 1.165) is 5.69 Å². The fraction of sp³-hybridized carbons (Fsp3) is 0.125. The second-order valence-electron chi connectivity index (χ2n) is 4.97. The lowest BCUT2D eigenvalue weighted by Gasteiger charge is -2.07. The zero-order chi connectivity index (χ0) is 15.7. The average Bonchev–Trinajstić information content (AvgIpc) is 2.87. The number of fused-ring (bicyclic) bond motifs is 1. The third-order valence-corrected chi connectivity index (χ3v) is 3.26. The number of hydrogen-bond acceptors (Lipinski definition) is 4. The molecule has 0 atom stereocenters. The Balaban J connectivity index is 1.88. The van der Waals surface area contributed by atoms with Crippen LogP contribution in [0.5, 0.6) is 0 Å². The number of anilines is 1. The van der Waals surface area contributed by atoms with Crippen molar-refractivity contribution < 1.29 is 9.59 Å². The summed E-state index contributed by atoms with van der Waals surface area (Å²) in [4.78, 5) is 27.8. The molecule has 22 heavy (non-hydrogen) atoms. The Labute approximate surface area is 126 Å². The molecule has 1 amide bonds. The van der Waals surface area contributed by atoms with Crippen LogP contribution in [0.25, 0.3) is 5.65 Å². The minimum absolute atomic E-state index is 0.0132. The van der Waals surface area contributed by atoms with Crippen LogP contribution in [0, 0.1) is 6.92 Å². The van der Waals surface area contributed by atoms with E-state index in [9.17, 15) is 9.59 Å². The van der Waals surface area contributed by atoms with Gasteiger partial charge in [-0.3, -0.25) is 9.59 Å². The summed E-state index contributed by atoms with van der Waals surface area (Å²) in [6, 6.07) is 10.2. The highest BCUT2D eigenvalue weighted by molar-refractivity contribution is 6.03. The van der Waals surface area contributed by atoms with Crippen molar-refractivity contribution in [3.8, 4) is 0 Å². The lowest BCUT2D eigenvalue weighted by Crippen LogP contribution is -2.16. The summed E-state index contributed by atoms with van der Waals surface area (Å²) in [5.74, 6) is -0.299. The molecule has 3 aromatic rings. The van der Waals surface area contributed by atoms with E-state index in [4.69, 9.17) is 0 Å². The first-order chi connectivity index (χ1) is 10.5. The lowest BCUT2D eigenvalue weighted by atomic mass is 10.1. The largest absolute Gasteiger partial charge is 0.321 e. The molecule has 0 aliphatic heterocycles. The van der Waals surface area contributed by atoms with E-state index < -0.39 is 0 Å². The van der Waals surface area contributed by atoms with Gasteiger partial charge in [0.05, 0.1) is 5.69 Å². The highest BCUT2D eigenvalue weighted by atomic mass is 16.2. The van der Waals surface area contributed by atoms with Crippen molar-refractivity contribution >= 4 is 23.0 Å². The smallest absolute Gasteiger partial charge is 0.274 e. The SMILES string of the molecule is CC(=O)c1ccc(NC(=O)c2ccnc3cc(C)nn23)cc1. The standard InChI is InChI=1S/C16H14N4O2/c1-10-9-15-17-8-7-14(20(15)19-10)16(22)18-13-5-3-12(4-6-13)11(2)21/h3-9H,1-2H3,(H,18,22). The zero-order valence-corrected chi connectivity index (χ0v) is 12.2. The first kappa shape index (κ1) is 13.9. The van der Waals surface area contributed by atoms with Gasteiger partial charge in [-0.25, -0.2) is 9.50 Å². The number of aromatic nitrogens is 3. The van der Waals surface area contributed by atoms with Gasteiger partial charge >= 0.3 is 0 Å². The Morgan fingerprint density at radius 2 is 1.86 bits per heavy atom. The van der Waals surface area contributed by atoms with Gasteiger partial charge in [0, 0.05) is 23.5 Å². The van der Waals surface area contributed by atoms with Crippen LogP contribution in [0.15, 0.2) is 42.6 Å². The molecule has 1 aromatic carbocycles. The second kappa shape index (κ2) is 5.40. The van der Waals surface area contributed by atoms with Crippen LogP contribution in [0.1, 0.15) is 33.5 Å². The van der Waals surface area contributed by atoms with Crippen LogP contribution in [0.4, 0.5) is 5.69 Å². The van der Waals surface area contributed by atoms with Gasteiger partial charge in [-0.05, 0) is 44.2 Å². The van der Waals surface area contributed by atoms with Gasteiger partial charge < -0.3 is 5.32 Å². The summed E-state index contributed by atoms with van der Waals surface area (Å²) < 4.78 is 1.51. The fourth-order valence-corrected chi connectivity index (χ4v) is 2.17. The molecule has 1 N–H and O–H groups in total. The number of Topliss-reactive ketones (excluding diaryl/α,β-unsaturated/α-hetero) is 1. The van der Waals surface area contributed by atoms with Crippen LogP contribution in [0.3, 0.4) is 0 Å². The number of amides is 1. The molecule has 3 rings (SSSR count). The molecule has 0 aliphatic carbocycles. The molecular formula is C16H14N4O2. The summed E-state index contributed by atoms with van der Waals surface area (Å²) in [7, 11) is 0. The molecule has 110 valence electrons. The monoisotopic (exact) mass is 294 g/mol. The van der Waals surface area contributed by atoms with Crippen molar-refractivity contribution in [3.63, 3.8) is 0 Å². The summed E-state index contributed by atoms with van der Waals surface area (Å²) in [6.45, 7) is 3.35. The average molecular weight is 294 g/mol. The van der Waals surface area contributed by atoms with Crippen LogP contribution in [-0.4, -0.2) is 26.3 Å². The predicted octanol–water partition coefficient (Wildman–Crippen LogP) is 2.49. The number of benzene rings is 1. The van der Waals surface area contributed by atoms with Gasteiger partial charge in [0.1, 0.15) is 5.69 Å². The number of nitrogens with zero attached hydrogens (tertiary/aromatic N) is 3. The molecule has 2 heterocycles. The van der Waals surface area contributed by atoms with Crippen molar-refractivity contribution in [3.05, 3.63) is 59.5 Å². The van der Waals surface area contributed by atoms with E-state index in [1.807, 2.05) is 6.92 Å². The first-order valence-electron chi connectivity index (χ1n) is 6.78. The summed E-state index contributed by atoms with van der Waals surface area (Å²) in [6.07, 6.45) is 1.57. The Hall–Kier alpha value is -3.02. The van der Waals surface area contributed by atoms with Crippen molar-refractivity contribution in [2.75, 3.05) is 5.32 Å². The van der Waals surface area contributed by atoms with Crippen LogP contribution < -0.4 is 5.32 Å². The van der Waals surface area contributed by atoms with E-state index in [0.29, 0.717) is 22.6 Å². The van der Waals surface area contributed by atoms with Gasteiger partial charge in [-0.2, -0.15) is 5.10 Å². The highest BCUT2D eigenvalue weighted by Crippen LogP contribution is 2.13. The van der Waals surface area contributed by atoms with Crippen LogP contribution >= 0.6 is 0 Å². The predicted molar refractivity (Wildman–Crippen MR) is 82.1 cm³/mol. The van der Waals surface area contributed by atoms with Crippen molar-refractivity contribution in [2.45, 2.75) is 13.8 Å². The number of carbonyl (C=O) groups is 2. The number of carbonyl (C=O) groups excluding carboxylic acids is 2. The van der Waals surface area contributed by atoms with Crippen LogP contribution in [-0.2, 0) is 0 Å². The number of nitrogens with one attached hydrogen (secondary N) is 1. The molecule has 2 aromatic heterocycles. The maximum Gasteiger partial charge on any atom is 0.274 e. The molecule has 0 aliphatic rings. The molecule has 0 radical (unpaired) electrons. The normalized spacial score (nSPS) is 10.6. The zero-order valence-electron chi connectivity index (χ0n) is 12.2. The quantitative estimate of drug-likeness (QED) is 0.753. The minimum Gasteiger partial charge on any atom is -0.321 e. The summed E-state index contributed by atoms with van der Waals surface area (Å²) in [5.41, 5.74) is 3.03. The minimum atomic E-state index is -0.286. The molecular weight excluding hydrogens is 280 g/mol. The maximum absolute atomic E-state index is 12.4. The van der Waals surface area contributed by atoms with E-state index in [-0.39, 0.29) is 11.7 Å². The van der Waals surface area contributed by atoms with Gasteiger partial charge in [0.15, 0.2) is 11.4 Å². The summed E-state index contributed by atoms with van der Waals surface area (Å²) in [5, 5.41) is 7.05. The second-order valence-corrected chi connectivity index (χ2v) is 4.97. The molecule has 0 bridgehead atoms. The topological polar surface area (TPSA) is 76.4 Å². The molecule has 0 fully saturated rings. The van der Waals surface area contributed by atoms with Gasteiger partial charge in [0.25, 0.3) is 5.91 Å². The molecule has 0 saturated carbocycles. The molecule has 6 heteroatoms. The van der Waals surface area contributed by atoms with E-state index in [1.165, 1.54) is 11.4 Å². The summed E-state index contributed by atoms with van der Waals surface area (Å²) >= 11 is 0. The number of aryl methyl sites for hydroxylation is 1. The third kappa shape index (κ3) is 2.58. The Morgan fingerprint density at radius 3 is 2.55 bits per heavy atom. The Kier molecular flexibility index (Phi) is 3.42. The van der Waals surface area contributed by atoms with Gasteiger partial charge in [0.2, 0.25) is 0 Å². The van der Waals surface area contributed by atoms with E-state index in [2.05, 4.69) is 15.4 Å². The highest BCUT2D eigenvalue weighted by Gasteiger charge is 2.12. The van der Waals surface area contributed by atoms with Gasteiger partial charge in [-0.1, -0.05) is 0 Å². The van der Waals surface area contributed by atoms with E-state index in [1.54, 1.807) is 42.6 Å². The first-order valence-corrected chi connectivity index (χ1v) is 6.78. The molecule has 0 spiro atoms. The third-order valence-electron chi connectivity index (χ3n) is 3.26. The number of hydrogen-bond donors (Lipinski definition) is 1. The maximum atomic E-state index is 12.4. The number of ketones is 1. The molecule has 0 unspecified atom stereocenters. The van der Waals surface area contributed by atoms with E-state index >= 15 is 0 Å². The number of rotatable bonds is 3. The van der Waals surface area contributed by atoms with Crippen molar-refractivity contribution in [2.24, 2.45) is 0 Å². The van der Waals surface area contributed by atoms with Crippen LogP contribution in [0.2, 0.25) is 0 Å². The van der Waals surface area contributed by atoms with Gasteiger partial charge in [-0.15, -0.1) is 0 Å². The fourth-order valence-electron chi connectivity index (χ4n) is 2.17. The lowest BCUT2D eigenvalue weighted by molar-refractivity contribution is 0.101. The molecule has 6 nitrogen and oxygen atoms in total. The van der Waals surface area contributed by atoms with Crippen molar-refractivity contribution in [1.82, 2.24) is 14.6 Å².